The van der Waals surface area contributed by atoms with Crippen LogP contribution in [0.2, 0.25) is 0 Å². The van der Waals surface area contributed by atoms with Crippen LogP contribution in [0.5, 0.6) is 0 Å². The summed E-state index contributed by atoms with van der Waals surface area (Å²) in [6, 6.07) is 8.73. The lowest BCUT2D eigenvalue weighted by Gasteiger charge is -2.23. The molecule has 2 heterocycles. The number of aryl methyl sites for hydroxylation is 1. The van der Waals surface area contributed by atoms with Crippen molar-refractivity contribution in [2.24, 2.45) is 5.92 Å². The molecule has 1 amide bonds. The second-order valence-electron chi connectivity index (χ2n) is 9.64. The third-order valence-electron chi connectivity index (χ3n) is 7.09. The van der Waals surface area contributed by atoms with Crippen LogP contribution in [0.15, 0.2) is 42.9 Å². The lowest BCUT2D eigenvalue weighted by atomic mass is 9.87. The fourth-order valence-electron chi connectivity index (χ4n) is 5.13. The van der Waals surface area contributed by atoms with Gasteiger partial charge >= 0.3 is 12.1 Å². The lowest BCUT2D eigenvalue weighted by molar-refractivity contribution is -0.142. The number of alkyl carbamates (subject to hydrolysis) is 1. The average Bonchev–Trinajstić information content (AvgIpc) is 3.50. The predicted molar refractivity (Wildman–Crippen MR) is 128 cm³/mol. The number of imidazole rings is 1. The molecule has 1 saturated carbocycles. The van der Waals surface area contributed by atoms with Crippen LogP contribution in [-0.2, 0) is 29.1 Å². The molecule has 2 aliphatic rings. The van der Waals surface area contributed by atoms with E-state index in [1.54, 1.807) is 0 Å². The third-order valence-corrected chi connectivity index (χ3v) is 7.09. The molecular formula is C26H36N4O4. The molecular weight excluding hydrogens is 432 g/mol. The Bertz CT molecular complexity index is 926. The Morgan fingerprint density at radius 3 is 2.71 bits per heavy atom. The van der Waals surface area contributed by atoms with Crippen molar-refractivity contribution in [1.29, 1.82) is 0 Å². The summed E-state index contributed by atoms with van der Waals surface area (Å²) in [6.45, 7) is 2.25. The van der Waals surface area contributed by atoms with Crippen LogP contribution >= 0.6 is 0 Å². The Morgan fingerprint density at radius 1 is 1.15 bits per heavy atom. The minimum absolute atomic E-state index is 0.127. The van der Waals surface area contributed by atoms with E-state index in [0.29, 0.717) is 25.9 Å². The molecule has 1 aromatic heterocycles. The van der Waals surface area contributed by atoms with Crippen LogP contribution in [0.25, 0.3) is 0 Å². The lowest BCUT2D eigenvalue weighted by Crippen LogP contribution is -2.44. The standard InChI is InChI=1S/C26H36N4O4/c31-25(32)24(15-23-16-29(19-27-23)13-11-20-7-3-1-4-8-20)30-14-12-22(17-30)28-26(33)34-18-21-9-5-2-6-10-21/h2,5-6,9-10,16,19-20,22,24H,1,3-4,7-8,11-15,17-18H2,(H,28,33)(H,31,32). The Kier molecular flexibility index (Phi) is 8.57. The molecule has 4 rings (SSSR count). The summed E-state index contributed by atoms with van der Waals surface area (Å²) in [5, 5.41) is 12.7. The van der Waals surface area contributed by atoms with E-state index in [1.807, 2.05) is 47.8 Å². The van der Waals surface area contributed by atoms with E-state index in [9.17, 15) is 14.7 Å². The summed E-state index contributed by atoms with van der Waals surface area (Å²) in [5.41, 5.74) is 1.73. The van der Waals surface area contributed by atoms with Gasteiger partial charge in [-0.1, -0.05) is 62.4 Å². The number of benzene rings is 1. The maximum atomic E-state index is 12.2. The number of likely N-dealkylation sites (tertiary alicyclic amines) is 1. The van der Waals surface area contributed by atoms with E-state index in [0.717, 1.165) is 30.1 Å². The minimum atomic E-state index is -0.857. The number of aromatic nitrogens is 2. The van der Waals surface area contributed by atoms with Crippen LogP contribution in [0.4, 0.5) is 4.79 Å². The summed E-state index contributed by atoms with van der Waals surface area (Å²) in [7, 11) is 0. The number of carbonyl (C=O) groups excluding carboxylic acids is 1. The van der Waals surface area contributed by atoms with Crippen molar-refractivity contribution in [3.63, 3.8) is 0 Å². The van der Waals surface area contributed by atoms with Crippen LogP contribution in [-0.4, -0.2) is 56.8 Å². The Hall–Kier alpha value is -2.87. The molecule has 184 valence electrons. The average molecular weight is 469 g/mol. The largest absolute Gasteiger partial charge is 0.480 e. The second-order valence-corrected chi connectivity index (χ2v) is 9.64. The Morgan fingerprint density at radius 2 is 1.94 bits per heavy atom. The normalized spacial score (nSPS) is 20.2. The van der Waals surface area contributed by atoms with Gasteiger partial charge in [0, 0.05) is 38.3 Å². The number of nitrogens with one attached hydrogen (secondary N) is 1. The molecule has 1 aromatic carbocycles. The molecule has 0 radical (unpaired) electrons. The number of carboxylic acids is 1. The zero-order valence-corrected chi connectivity index (χ0v) is 19.8. The summed E-state index contributed by atoms with van der Waals surface area (Å²) in [4.78, 5) is 30.6. The summed E-state index contributed by atoms with van der Waals surface area (Å²) in [5.74, 6) is -0.0520. The zero-order valence-electron chi connectivity index (χ0n) is 19.8. The van der Waals surface area contributed by atoms with Gasteiger partial charge in [-0.2, -0.15) is 0 Å². The van der Waals surface area contributed by atoms with Gasteiger partial charge in [0.15, 0.2) is 0 Å². The topological polar surface area (TPSA) is 96.7 Å². The fourth-order valence-corrected chi connectivity index (χ4v) is 5.13. The highest BCUT2D eigenvalue weighted by molar-refractivity contribution is 5.74. The molecule has 2 N–H and O–H groups in total. The van der Waals surface area contributed by atoms with Crippen molar-refractivity contribution >= 4 is 12.1 Å². The van der Waals surface area contributed by atoms with Gasteiger partial charge < -0.3 is 19.7 Å². The van der Waals surface area contributed by atoms with E-state index in [1.165, 1.54) is 32.1 Å². The number of ether oxygens (including phenoxy) is 1. The first-order valence-electron chi connectivity index (χ1n) is 12.5. The first-order valence-corrected chi connectivity index (χ1v) is 12.5. The molecule has 2 fully saturated rings. The highest BCUT2D eigenvalue weighted by Crippen LogP contribution is 2.26. The van der Waals surface area contributed by atoms with E-state index >= 15 is 0 Å². The maximum Gasteiger partial charge on any atom is 0.407 e. The number of rotatable bonds is 10. The fraction of sp³-hybridized carbons (Fsp3) is 0.577. The van der Waals surface area contributed by atoms with Gasteiger partial charge in [0.1, 0.15) is 12.6 Å². The molecule has 0 bridgehead atoms. The Balaban J connectivity index is 1.23. The second kappa shape index (κ2) is 12.0. The first-order chi connectivity index (χ1) is 16.6. The highest BCUT2D eigenvalue weighted by Gasteiger charge is 2.33. The van der Waals surface area contributed by atoms with Crippen LogP contribution < -0.4 is 5.32 Å². The number of hydrogen-bond donors (Lipinski definition) is 2. The molecule has 2 atom stereocenters. The van der Waals surface area contributed by atoms with Crippen molar-refractivity contribution in [3.05, 3.63) is 54.1 Å². The van der Waals surface area contributed by atoms with Crippen LogP contribution in [0, 0.1) is 5.92 Å². The molecule has 8 heteroatoms. The van der Waals surface area contributed by atoms with Gasteiger partial charge in [-0.15, -0.1) is 0 Å². The zero-order chi connectivity index (χ0) is 23.8. The van der Waals surface area contributed by atoms with E-state index in [2.05, 4.69) is 14.9 Å². The van der Waals surface area contributed by atoms with Crippen molar-refractivity contribution < 1.29 is 19.4 Å². The molecule has 34 heavy (non-hydrogen) atoms. The Labute approximate surface area is 201 Å². The minimum Gasteiger partial charge on any atom is -0.480 e. The van der Waals surface area contributed by atoms with E-state index < -0.39 is 18.1 Å². The van der Waals surface area contributed by atoms with Crippen molar-refractivity contribution in [1.82, 2.24) is 19.8 Å². The molecule has 2 unspecified atom stereocenters. The smallest absolute Gasteiger partial charge is 0.407 e. The third kappa shape index (κ3) is 7.06. The number of aliphatic carboxylic acids is 1. The first kappa shape index (κ1) is 24.3. The number of carboxylic acid groups (broad SMARTS) is 1. The maximum absolute atomic E-state index is 12.2. The van der Waals surface area contributed by atoms with Gasteiger partial charge in [0.2, 0.25) is 0 Å². The molecule has 2 aromatic rings. The monoisotopic (exact) mass is 468 g/mol. The SMILES string of the molecule is O=C(NC1CCN(C(Cc2cn(CCC3CCCCC3)cn2)C(=O)O)C1)OCc1ccccc1. The number of nitrogens with zero attached hydrogens (tertiary/aromatic N) is 3. The van der Waals surface area contributed by atoms with E-state index in [-0.39, 0.29) is 12.6 Å². The molecule has 1 aliphatic heterocycles. The number of amides is 1. The number of hydrogen-bond acceptors (Lipinski definition) is 5. The summed E-state index contributed by atoms with van der Waals surface area (Å²) < 4.78 is 7.40. The van der Waals surface area contributed by atoms with Gasteiger partial charge in [-0.3, -0.25) is 9.69 Å². The summed E-state index contributed by atoms with van der Waals surface area (Å²) >= 11 is 0. The van der Waals surface area contributed by atoms with E-state index in [4.69, 9.17) is 4.74 Å². The van der Waals surface area contributed by atoms with Crippen molar-refractivity contribution in [2.45, 2.75) is 76.6 Å². The van der Waals surface area contributed by atoms with Gasteiger partial charge in [0.25, 0.3) is 0 Å². The highest BCUT2D eigenvalue weighted by atomic mass is 16.5. The van der Waals surface area contributed by atoms with Gasteiger partial charge in [-0.25, -0.2) is 9.78 Å². The predicted octanol–water partition coefficient (Wildman–Crippen LogP) is 3.85. The molecule has 1 saturated heterocycles. The molecule has 0 spiro atoms. The number of carbonyl (C=O) groups is 2. The van der Waals surface area contributed by atoms with Gasteiger partial charge in [-0.05, 0) is 24.3 Å². The van der Waals surface area contributed by atoms with Crippen molar-refractivity contribution in [2.75, 3.05) is 13.1 Å². The van der Waals surface area contributed by atoms with Crippen LogP contribution in [0.1, 0.15) is 56.2 Å². The van der Waals surface area contributed by atoms with Crippen molar-refractivity contribution in [3.8, 4) is 0 Å². The quantitative estimate of drug-likeness (QED) is 0.550. The molecule has 8 nitrogen and oxygen atoms in total. The molecule has 1 aliphatic carbocycles. The summed E-state index contributed by atoms with van der Waals surface area (Å²) in [6.07, 6.45) is 12.3. The van der Waals surface area contributed by atoms with Crippen LogP contribution in [0.3, 0.4) is 0 Å². The van der Waals surface area contributed by atoms with Gasteiger partial charge in [0.05, 0.1) is 12.0 Å².